The van der Waals surface area contributed by atoms with E-state index >= 15 is 0 Å². The van der Waals surface area contributed by atoms with E-state index in [1.54, 1.807) is 7.11 Å². The number of hydrogen-bond acceptors (Lipinski definition) is 6. The fourth-order valence-electron chi connectivity index (χ4n) is 3.55. The molecule has 3 amide bonds. The van der Waals surface area contributed by atoms with E-state index in [9.17, 15) is 9.59 Å². The molecule has 4 N–H and O–H groups in total. The summed E-state index contributed by atoms with van der Waals surface area (Å²) in [5.41, 5.74) is 5.90. The monoisotopic (exact) mass is 419 g/mol. The summed E-state index contributed by atoms with van der Waals surface area (Å²) in [6.07, 6.45) is 3.70. The van der Waals surface area contributed by atoms with Crippen molar-refractivity contribution >= 4 is 23.7 Å². The van der Waals surface area contributed by atoms with Crippen LogP contribution in [0.3, 0.4) is 0 Å². The molecule has 0 aliphatic carbocycles. The van der Waals surface area contributed by atoms with Crippen LogP contribution in [0.5, 0.6) is 5.75 Å². The van der Waals surface area contributed by atoms with E-state index in [1.165, 1.54) is 35.9 Å². The summed E-state index contributed by atoms with van der Waals surface area (Å²) in [6, 6.07) is 6.95. The molecule has 0 saturated carbocycles. The summed E-state index contributed by atoms with van der Waals surface area (Å²) in [5, 5.41) is 11.5. The quantitative estimate of drug-likeness (QED) is 0.569. The Labute approximate surface area is 174 Å². The third-order valence-electron chi connectivity index (χ3n) is 5.08. The number of amides is 3. The molecule has 1 aromatic heterocycles. The predicted octanol–water partition coefficient (Wildman–Crippen LogP) is 0.693. The zero-order valence-electron chi connectivity index (χ0n) is 16.7. The molecule has 1 atom stereocenters. The first-order valence-corrected chi connectivity index (χ1v) is 10.6. The van der Waals surface area contributed by atoms with Crippen LogP contribution in [0, 0.1) is 0 Å². The normalized spacial score (nSPS) is 15.7. The maximum Gasteiger partial charge on any atom is 0.318 e. The SMILES string of the molecule is COc1ccc(-n2c(SCC(=O)NC(N)=O)nnc2[C@@H](C)[NH+]2CCCCC2)cc1. The van der Waals surface area contributed by atoms with Gasteiger partial charge >= 0.3 is 6.03 Å². The van der Waals surface area contributed by atoms with Crippen molar-refractivity contribution in [3.8, 4) is 11.4 Å². The van der Waals surface area contributed by atoms with Crippen molar-refractivity contribution in [2.45, 2.75) is 37.4 Å². The number of thioether (sulfide) groups is 1. The van der Waals surface area contributed by atoms with Gasteiger partial charge in [0.15, 0.2) is 11.0 Å². The van der Waals surface area contributed by atoms with E-state index in [4.69, 9.17) is 10.5 Å². The molecule has 1 aliphatic heterocycles. The number of nitrogens with two attached hydrogens (primary N) is 1. The van der Waals surface area contributed by atoms with Gasteiger partial charge in [-0.1, -0.05) is 11.8 Å². The lowest BCUT2D eigenvalue weighted by Gasteiger charge is -2.29. The Balaban J connectivity index is 1.89. The van der Waals surface area contributed by atoms with Crippen LogP contribution in [0.1, 0.15) is 38.1 Å². The Morgan fingerprint density at radius 3 is 2.55 bits per heavy atom. The van der Waals surface area contributed by atoms with Crippen LogP contribution in [0.15, 0.2) is 29.4 Å². The second-order valence-electron chi connectivity index (χ2n) is 7.02. The predicted molar refractivity (Wildman–Crippen MR) is 109 cm³/mol. The lowest BCUT2D eigenvalue weighted by molar-refractivity contribution is -0.935. The topological polar surface area (TPSA) is 117 Å². The third kappa shape index (κ3) is 5.27. The van der Waals surface area contributed by atoms with Crippen LogP contribution in [-0.2, 0) is 4.79 Å². The fraction of sp³-hybridized carbons (Fsp3) is 0.474. The number of urea groups is 1. The molecule has 1 aromatic carbocycles. The van der Waals surface area contributed by atoms with E-state index in [1.807, 2.05) is 28.8 Å². The third-order valence-corrected chi connectivity index (χ3v) is 6.01. The first-order chi connectivity index (χ1) is 14.0. The number of rotatable bonds is 7. The van der Waals surface area contributed by atoms with Crippen molar-refractivity contribution in [1.29, 1.82) is 0 Å². The summed E-state index contributed by atoms with van der Waals surface area (Å²) >= 11 is 1.22. The van der Waals surface area contributed by atoms with Gasteiger partial charge in [-0.2, -0.15) is 0 Å². The van der Waals surface area contributed by atoms with Crippen LogP contribution in [0.2, 0.25) is 0 Å². The Hall–Kier alpha value is -2.59. The molecule has 2 heterocycles. The zero-order valence-corrected chi connectivity index (χ0v) is 17.5. The standard InChI is InChI=1S/C19H26N6O3S/c1-13(24-10-4-3-5-11-24)17-22-23-19(29-12-16(26)21-18(20)27)25(17)14-6-8-15(28-2)9-7-14/h6-9,13H,3-5,10-12H2,1-2H3,(H3,20,21,26,27)/p+1/t13-/m1/s1. The zero-order chi connectivity index (χ0) is 20.8. The van der Waals surface area contributed by atoms with Crippen molar-refractivity contribution in [3.05, 3.63) is 30.1 Å². The average molecular weight is 420 g/mol. The molecular formula is C19H27N6O3S+. The van der Waals surface area contributed by atoms with E-state index < -0.39 is 11.9 Å². The summed E-state index contributed by atoms with van der Waals surface area (Å²) in [4.78, 5) is 24.2. The summed E-state index contributed by atoms with van der Waals surface area (Å²) in [7, 11) is 1.62. The number of likely N-dealkylation sites (tertiary alicyclic amines) is 1. The van der Waals surface area contributed by atoms with Crippen LogP contribution in [0.4, 0.5) is 4.79 Å². The molecule has 10 heteroatoms. The second kappa shape index (κ2) is 9.75. The fourth-order valence-corrected chi connectivity index (χ4v) is 4.31. The lowest BCUT2D eigenvalue weighted by Crippen LogP contribution is -3.12. The molecule has 1 fully saturated rings. The smallest absolute Gasteiger partial charge is 0.318 e. The number of quaternary nitrogens is 1. The molecule has 9 nitrogen and oxygen atoms in total. The van der Waals surface area contributed by atoms with E-state index in [0.29, 0.717) is 5.16 Å². The highest BCUT2D eigenvalue weighted by Crippen LogP contribution is 2.26. The summed E-state index contributed by atoms with van der Waals surface area (Å²) in [5.74, 6) is 1.16. The number of carbonyl (C=O) groups excluding carboxylic acids is 2. The van der Waals surface area contributed by atoms with Crippen molar-refractivity contribution in [2.24, 2.45) is 5.73 Å². The van der Waals surface area contributed by atoms with Gasteiger partial charge < -0.3 is 15.4 Å². The van der Waals surface area contributed by atoms with Crippen LogP contribution >= 0.6 is 11.8 Å². The number of nitrogens with zero attached hydrogens (tertiary/aromatic N) is 3. The molecule has 0 bridgehead atoms. The number of nitrogens with one attached hydrogen (secondary N) is 2. The van der Waals surface area contributed by atoms with E-state index in [0.717, 1.165) is 30.4 Å². The van der Waals surface area contributed by atoms with E-state index in [2.05, 4.69) is 22.4 Å². The Morgan fingerprint density at radius 2 is 1.93 bits per heavy atom. The number of methoxy groups -OCH3 is 1. The summed E-state index contributed by atoms with van der Waals surface area (Å²) < 4.78 is 7.24. The average Bonchev–Trinajstić information content (AvgIpc) is 3.16. The van der Waals surface area contributed by atoms with Crippen molar-refractivity contribution in [1.82, 2.24) is 20.1 Å². The molecule has 0 unspecified atom stereocenters. The molecule has 3 rings (SSSR count). The maximum atomic E-state index is 11.8. The number of imide groups is 1. The first-order valence-electron chi connectivity index (χ1n) is 9.66. The highest BCUT2D eigenvalue weighted by molar-refractivity contribution is 7.99. The van der Waals surface area contributed by atoms with Crippen molar-refractivity contribution < 1.29 is 19.2 Å². The molecule has 0 radical (unpaired) electrons. The van der Waals surface area contributed by atoms with Crippen LogP contribution < -0.4 is 20.7 Å². The van der Waals surface area contributed by atoms with Gasteiger partial charge in [0.2, 0.25) is 5.91 Å². The first kappa shape index (κ1) is 21.1. The number of aromatic nitrogens is 3. The second-order valence-corrected chi connectivity index (χ2v) is 7.96. The molecule has 156 valence electrons. The van der Waals surface area contributed by atoms with Crippen molar-refractivity contribution in [3.63, 3.8) is 0 Å². The highest BCUT2D eigenvalue weighted by Gasteiger charge is 2.28. The summed E-state index contributed by atoms with van der Waals surface area (Å²) in [6.45, 7) is 4.39. The van der Waals surface area contributed by atoms with E-state index in [-0.39, 0.29) is 11.8 Å². The molecule has 0 spiro atoms. The number of ether oxygens (including phenoxy) is 1. The Bertz CT molecular complexity index is 848. The van der Waals surface area contributed by atoms with Gasteiger partial charge in [0.25, 0.3) is 0 Å². The molecular weight excluding hydrogens is 392 g/mol. The maximum absolute atomic E-state index is 11.8. The minimum Gasteiger partial charge on any atom is -0.497 e. The molecule has 2 aromatic rings. The molecule has 1 aliphatic rings. The van der Waals surface area contributed by atoms with Gasteiger partial charge in [-0.05, 0) is 50.5 Å². The van der Waals surface area contributed by atoms with Gasteiger partial charge in [-0.15, -0.1) is 10.2 Å². The van der Waals surface area contributed by atoms with Gasteiger partial charge in [0.1, 0.15) is 11.8 Å². The number of carbonyl (C=O) groups is 2. The molecule has 29 heavy (non-hydrogen) atoms. The van der Waals surface area contributed by atoms with Gasteiger partial charge in [0, 0.05) is 5.69 Å². The van der Waals surface area contributed by atoms with Crippen LogP contribution in [-0.4, -0.2) is 52.7 Å². The highest BCUT2D eigenvalue weighted by atomic mass is 32.2. The number of hydrogen-bond donors (Lipinski definition) is 3. The number of primary amides is 1. The van der Waals surface area contributed by atoms with Gasteiger partial charge in [0.05, 0.1) is 26.0 Å². The number of piperidine rings is 1. The van der Waals surface area contributed by atoms with Gasteiger partial charge in [-0.3, -0.25) is 14.7 Å². The largest absolute Gasteiger partial charge is 0.497 e. The van der Waals surface area contributed by atoms with Crippen molar-refractivity contribution in [2.75, 3.05) is 26.0 Å². The van der Waals surface area contributed by atoms with Crippen LogP contribution in [0.25, 0.3) is 5.69 Å². The minimum absolute atomic E-state index is 0.0161. The lowest BCUT2D eigenvalue weighted by atomic mass is 10.1. The minimum atomic E-state index is -0.866. The molecule has 1 saturated heterocycles. The Morgan fingerprint density at radius 1 is 1.24 bits per heavy atom. The Kier molecular flexibility index (Phi) is 7.10. The number of benzene rings is 1. The van der Waals surface area contributed by atoms with Gasteiger partial charge in [-0.25, -0.2) is 4.79 Å².